The van der Waals surface area contributed by atoms with Gasteiger partial charge in [0.25, 0.3) is 0 Å². The lowest BCUT2D eigenvalue weighted by molar-refractivity contribution is -0.138. The Bertz CT molecular complexity index is 616. The second-order valence-electron chi connectivity index (χ2n) is 3.76. The summed E-state index contributed by atoms with van der Waals surface area (Å²) >= 11 is 10.9. The van der Waals surface area contributed by atoms with E-state index in [4.69, 9.17) is 29.6 Å². The summed E-state index contributed by atoms with van der Waals surface area (Å²) in [6.45, 7) is 0. The molecule has 1 rings (SSSR count). The second-order valence-corrected chi connectivity index (χ2v) is 4.60. The molecule has 0 saturated carbocycles. The first kappa shape index (κ1) is 16.9. The molecule has 0 fully saturated rings. The number of rotatable bonds is 5. The Labute approximate surface area is 131 Å². The van der Waals surface area contributed by atoms with Crippen molar-refractivity contribution in [1.82, 2.24) is 0 Å². The van der Waals surface area contributed by atoms with E-state index in [9.17, 15) is 9.59 Å². The van der Waals surface area contributed by atoms with Gasteiger partial charge in [-0.15, -0.1) is 0 Å². The maximum atomic E-state index is 11.6. The fourth-order valence-electron chi connectivity index (χ4n) is 1.38. The van der Waals surface area contributed by atoms with Gasteiger partial charge in [0, 0.05) is 11.3 Å². The average Bonchev–Trinajstić information content (AvgIpc) is 2.45. The van der Waals surface area contributed by atoms with Gasteiger partial charge in [-0.3, -0.25) is 0 Å². The zero-order valence-electron chi connectivity index (χ0n) is 11.3. The lowest BCUT2D eigenvalue weighted by Crippen LogP contribution is -2.16. The smallest absolute Gasteiger partial charge is 0.354 e. The molecule has 8 heteroatoms. The predicted octanol–water partition coefficient (Wildman–Crippen LogP) is 1.62. The molecule has 21 heavy (non-hydrogen) atoms. The Morgan fingerprint density at radius 2 is 2.00 bits per heavy atom. The summed E-state index contributed by atoms with van der Waals surface area (Å²) in [6, 6.07) is 4.72. The first-order valence-electron chi connectivity index (χ1n) is 5.63. The predicted molar refractivity (Wildman–Crippen MR) is 83.1 cm³/mol. The Morgan fingerprint density at radius 3 is 2.48 bits per heavy atom. The van der Waals surface area contributed by atoms with E-state index in [0.717, 1.165) is 6.08 Å². The van der Waals surface area contributed by atoms with Crippen LogP contribution in [0.2, 0.25) is 5.02 Å². The summed E-state index contributed by atoms with van der Waals surface area (Å²) in [5.41, 5.74) is 6.37. The third-order valence-corrected chi connectivity index (χ3v) is 2.91. The molecule has 1 aromatic rings. The number of hydrogen-bond acceptors (Lipinski definition) is 6. The number of methoxy groups -OCH3 is 2. The Hall–Kier alpha value is -2.12. The summed E-state index contributed by atoms with van der Waals surface area (Å²) < 4.78 is 9.04. The minimum atomic E-state index is -0.727. The molecule has 0 unspecified atom stereocenters. The fourth-order valence-corrected chi connectivity index (χ4v) is 1.90. The van der Waals surface area contributed by atoms with Crippen molar-refractivity contribution in [3.05, 3.63) is 40.6 Å². The number of benzene rings is 1. The van der Waals surface area contributed by atoms with Crippen molar-refractivity contribution in [3.8, 4) is 0 Å². The van der Waals surface area contributed by atoms with Crippen LogP contribution in [0.3, 0.4) is 0 Å². The van der Waals surface area contributed by atoms with Crippen LogP contribution in [0.15, 0.2) is 30.0 Å². The molecule has 0 aliphatic rings. The van der Waals surface area contributed by atoms with Crippen LogP contribution in [0.4, 0.5) is 5.69 Å². The van der Waals surface area contributed by atoms with Crippen LogP contribution in [0.25, 0.3) is 0 Å². The van der Waals surface area contributed by atoms with E-state index in [1.807, 2.05) is 0 Å². The number of nitrogens with two attached hydrogens (primary N) is 1. The monoisotopic (exact) mass is 328 g/mol. The molecule has 0 bridgehead atoms. The van der Waals surface area contributed by atoms with E-state index in [2.05, 4.69) is 14.8 Å². The third-order valence-electron chi connectivity index (χ3n) is 2.38. The van der Waals surface area contributed by atoms with Crippen molar-refractivity contribution >= 4 is 46.4 Å². The van der Waals surface area contributed by atoms with Crippen molar-refractivity contribution in [2.24, 2.45) is 5.73 Å². The molecule has 0 spiro atoms. The standard InChI is InChI=1S/C13H13ClN2O4S/c1-19-11(17)6-10(13(18)20-2)16-7-3-4-8(12(15)21)9(14)5-7/h3-6,16H,1-2H3,(H2,15,21)/b10-6+. The lowest BCUT2D eigenvalue weighted by Gasteiger charge is -2.10. The molecule has 0 amide bonds. The number of carbonyl (C=O) groups is 2. The highest BCUT2D eigenvalue weighted by Gasteiger charge is 2.13. The second kappa shape index (κ2) is 7.61. The maximum Gasteiger partial charge on any atom is 0.354 e. The van der Waals surface area contributed by atoms with Gasteiger partial charge in [-0.05, 0) is 18.2 Å². The minimum Gasteiger partial charge on any atom is -0.466 e. The summed E-state index contributed by atoms with van der Waals surface area (Å²) in [6.07, 6.45) is 0.973. The van der Waals surface area contributed by atoms with E-state index >= 15 is 0 Å². The van der Waals surface area contributed by atoms with E-state index < -0.39 is 11.9 Å². The number of carbonyl (C=O) groups excluding carboxylic acids is 2. The Balaban J connectivity index is 3.07. The molecule has 0 radical (unpaired) electrons. The van der Waals surface area contributed by atoms with E-state index in [1.165, 1.54) is 20.3 Å². The molecule has 3 N–H and O–H groups in total. The highest BCUT2D eigenvalue weighted by Crippen LogP contribution is 2.22. The molecule has 0 heterocycles. The van der Waals surface area contributed by atoms with Crippen molar-refractivity contribution in [2.45, 2.75) is 0 Å². The van der Waals surface area contributed by atoms with Crippen LogP contribution in [0, 0.1) is 0 Å². The number of thiocarbonyl (C=S) groups is 1. The Morgan fingerprint density at radius 1 is 1.33 bits per heavy atom. The minimum absolute atomic E-state index is 0.0940. The summed E-state index contributed by atoms with van der Waals surface area (Å²) in [5.74, 6) is -1.43. The van der Waals surface area contributed by atoms with Gasteiger partial charge < -0.3 is 20.5 Å². The van der Waals surface area contributed by atoms with Gasteiger partial charge in [0.1, 0.15) is 10.7 Å². The number of halogens is 1. The Kier molecular flexibility index (Phi) is 6.13. The molecule has 0 atom stereocenters. The number of ether oxygens (including phenoxy) is 2. The van der Waals surface area contributed by atoms with Gasteiger partial charge in [0.2, 0.25) is 0 Å². The topological polar surface area (TPSA) is 90.6 Å². The first-order valence-corrected chi connectivity index (χ1v) is 6.42. The molecular formula is C13H13ClN2O4S. The number of nitrogens with one attached hydrogen (secondary N) is 1. The van der Waals surface area contributed by atoms with E-state index in [1.54, 1.807) is 12.1 Å². The van der Waals surface area contributed by atoms with Crippen molar-refractivity contribution in [3.63, 3.8) is 0 Å². The summed E-state index contributed by atoms with van der Waals surface area (Å²) in [5, 5.41) is 3.03. The highest BCUT2D eigenvalue weighted by atomic mass is 35.5. The normalized spacial score (nSPS) is 10.7. The third kappa shape index (κ3) is 4.73. The van der Waals surface area contributed by atoms with Crippen LogP contribution in [0.5, 0.6) is 0 Å². The van der Waals surface area contributed by atoms with Crippen molar-refractivity contribution < 1.29 is 19.1 Å². The quantitative estimate of drug-likeness (QED) is 0.482. The molecule has 6 nitrogen and oxygen atoms in total. The van der Waals surface area contributed by atoms with Gasteiger partial charge in [0.05, 0.1) is 25.3 Å². The first-order chi connectivity index (χ1) is 9.88. The van der Waals surface area contributed by atoms with Crippen LogP contribution in [-0.2, 0) is 19.1 Å². The van der Waals surface area contributed by atoms with Gasteiger partial charge >= 0.3 is 11.9 Å². The maximum absolute atomic E-state index is 11.6. The van der Waals surface area contributed by atoms with Gasteiger partial charge in [-0.2, -0.15) is 0 Å². The van der Waals surface area contributed by atoms with Crippen LogP contribution < -0.4 is 11.1 Å². The van der Waals surface area contributed by atoms with Gasteiger partial charge in [-0.1, -0.05) is 23.8 Å². The van der Waals surface area contributed by atoms with E-state index in [0.29, 0.717) is 16.3 Å². The zero-order valence-corrected chi connectivity index (χ0v) is 12.9. The van der Waals surface area contributed by atoms with Crippen LogP contribution in [0.1, 0.15) is 5.56 Å². The molecule has 0 aliphatic carbocycles. The van der Waals surface area contributed by atoms with Gasteiger partial charge in [0.15, 0.2) is 0 Å². The fraction of sp³-hybridized carbons (Fsp3) is 0.154. The molecule has 0 aromatic heterocycles. The molecular weight excluding hydrogens is 316 g/mol. The average molecular weight is 329 g/mol. The zero-order chi connectivity index (χ0) is 16.0. The van der Waals surface area contributed by atoms with Crippen LogP contribution >= 0.6 is 23.8 Å². The van der Waals surface area contributed by atoms with Crippen LogP contribution in [-0.4, -0.2) is 31.1 Å². The number of esters is 2. The van der Waals surface area contributed by atoms with Crippen molar-refractivity contribution in [2.75, 3.05) is 19.5 Å². The number of hydrogen-bond donors (Lipinski definition) is 2. The SMILES string of the molecule is COC(=O)/C=C(/Nc1ccc(C(N)=S)c(Cl)c1)C(=O)OC. The number of anilines is 1. The lowest BCUT2D eigenvalue weighted by atomic mass is 10.2. The van der Waals surface area contributed by atoms with Gasteiger partial charge in [-0.25, -0.2) is 9.59 Å². The molecule has 1 aromatic carbocycles. The molecule has 112 valence electrons. The summed E-state index contributed by atoms with van der Waals surface area (Å²) in [7, 11) is 2.39. The molecule has 0 aliphatic heterocycles. The largest absolute Gasteiger partial charge is 0.466 e. The molecule has 0 saturated heterocycles. The van der Waals surface area contributed by atoms with Crippen molar-refractivity contribution in [1.29, 1.82) is 0 Å². The van der Waals surface area contributed by atoms with E-state index in [-0.39, 0.29) is 10.7 Å². The highest BCUT2D eigenvalue weighted by molar-refractivity contribution is 7.80. The summed E-state index contributed by atoms with van der Waals surface area (Å²) in [4.78, 5) is 23.0.